The molecule has 3 nitrogen and oxygen atoms in total. The number of nitrogens with one attached hydrogen (secondary N) is 1. The standard InChI is InChI=1S/C12H14F3NO2/c1-12(2,3)18-11(17)16-9-5-4-7(10(14)15)6-8(9)13/h4-6,10H,1-3H3,(H,16,17). The zero-order valence-electron chi connectivity index (χ0n) is 10.3. The summed E-state index contributed by atoms with van der Waals surface area (Å²) in [5.41, 5.74) is -1.36. The molecule has 0 heterocycles. The first-order chi connectivity index (χ1) is 8.19. The number of amides is 1. The molecule has 100 valence electrons. The van der Waals surface area contributed by atoms with Gasteiger partial charge in [-0.05, 0) is 32.9 Å². The maximum Gasteiger partial charge on any atom is 0.412 e. The fourth-order valence-corrected chi connectivity index (χ4v) is 1.18. The first kappa shape index (κ1) is 14.3. The van der Waals surface area contributed by atoms with Gasteiger partial charge in [0.25, 0.3) is 6.43 Å². The summed E-state index contributed by atoms with van der Waals surface area (Å²) in [6.45, 7) is 4.97. The van der Waals surface area contributed by atoms with Gasteiger partial charge in [-0.2, -0.15) is 0 Å². The van der Waals surface area contributed by atoms with E-state index >= 15 is 0 Å². The summed E-state index contributed by atoms with van der Waals surface area (Å²) >= 11 is 0. The first-order valence-corrected chi connectivity index (χ1v) is 5.26. The van der Waals surface area contributed by atoms with E-state index in [2.05, 4.69) is 5.32 Å². The molecule has 0 radical (unpaired) electrons. The van der Waals surface area contributed by atoms with Crippen LogP contribution in [0, 0.1) is 5.82 Å². The third kappa shape index (κ3) is 4.27. The summed E-state index contributed by atoms with van der Waals surface area (Å²) in [7, 11) is 0. The van der Waals surface area contributed by atoms with E-state index in [-0.39, 0.29) is 5.69 Å². The van der Waals surface area contributed by atoms with Gasteiger partial charge in [0.1, 0.15) is 11.4 Å². The average Bonchev–Trinajstić information content (AvgIpc) is 2.17. The van der Waals surface area contributed by atoms with Gasteiger partial charge in [-0.25, -0.2) is 18.0 Å². The van der Waals surface area contributed by atoms with Gasteiger partial charge in [0.2, 0.25) is 0 Å². The zero-order chi connectivity index (χ0) is 13.9. The number of ether oxygens (including phenoxy) is 1. The van der Waals surface area contributed by atoms with Gasteiger partial charge in [-0.15, -0.1) is 0 Å². The van der Waals surface area contributed by atoms with Crippen molar-refractivity contribution in [1.29, 1.82) is 0 Å². The van der Waals surface area contributed by atoms with Crippen molar-refractivity contribution in [2.24, 2.45) is 0 Å². The minimum absolute atomic E-state index is 0.200. The molecule has 0 aliphatic heterocycles. The second kappa shape index (κ2) is 5.29. The van der Waals surface area contributed by atoms with Gasteiger partial charge in [0.15, 0.2) is 0 Å². The molecular formula is C12H14F3NO2. The van der Waals surface area contributed by atoms with Crippen molar-refractivity contribution in [3.05, 3.63) is 29.6 Å². The van der Waals surface area contributed by atoms with Crippen molar-refractivity contribution < 1.29 is 22.7 Å². The second-order valence-electron chi connectivity index (χ2n) is 4.67. The maximum atomic E-state index is 13.4. The van der Waals surface area contributed by atoms with Gasteiger partial charge in [0, 0.05) is 5.56 Å². The van der Waals surface area contributed by atoms with Crippen LogP contribution in [-0.2, 0) is 4.74 Å². The Morgan fingerprint density at radius 1 is 1.33 bits per heavy atom. The lowest BCUT2D eigenvalue weighted by atomic mass is 10.2. The molecule has 0 aliphatic rings. The van der Waals surface area contributed by atoms with Gasteiger partial charge >= 0.3 is 6.09 Å². The van der Waals surface area contributed by atoms with E-state index in [1.807, 2.05) is 0 Å². The predicted octanol–water partition coefficient (Wildman–Crippen LogP) is 4.11. The zero-order valence-corrected chi connectivity index (χ0v) is 10.3. The summed E-state index contributed by atoms with van der Waals surface area (Å²) in [5, 5.41) is 2.15. The molecule has 0 atom stereocenters. The highest BCUT2D eigenvalue weighted by molar-refractivity contribution is 5.85. The Hall–Kier alpha value is -1.72. The molecule has 1 aromatic rings. The van der Waals surface area contributed by atoms with E-state index in [9.17, 15) is 18.0 Å². The largest absolute Gasteiger partial charge is 0.444 e. The summed E-state index contributed by atoms with van der Waals surface area (Å²) in [6.07, 6.45) is -3.60. The average molecular weight is 261 g/mol. The van der Waals surface area contributed by atoms with Crippen LogP contribution in [0.1, 0.15) is 32.8 Å². The number of anilines is 1. The number of carbonyl (C=O) groups excluding carboxylic acids is 1. The molecule has 1 rings (SSSR count). The lowest BCUT2D eigenvalue weighted by molar-refractivity contribution is 0.0635. The highest BCUT2D eigenvalue weighted by Gasteiger charge is 2.18. The molecule has 0 spiro atoms. The molecule has 0 saturated carbocycles. The molecule has 0 aliphatic carbocycles. The van der Waals surface area contributed by atoms with E-state index < -0.39 is 29.5 Å². The Morgan fingerprint density at radius 3 is 2.39 bits per heavy atom. The summed E-state index contributed by atoms with van der Waals surface area (Å²) < 4.78 is 42.9. The van der Waals surface area contributed by atoms with Crippen LogP contribution in [0.2, 0.25) is 0 Å². The van der Waals surface area contributed by atoms with Crippen molar-refractivity contribution >= 4 is 11.8 Å². The number of halogens is 3. The number of rotatable bonds is 2. The van der Waals surface area contributed by atoms with Crippen molar-refractivity contribution in [3.63, 3.8) is 0 Å². The number of hydrogen-bond donors (Lipinski definition) is 1. The van der Waals surface area contributed by atoms with Gasteiger partial charge in [-0.3, -0.25) is 5.32 Å². The summed E-state index contributed by atoms with van der Waals surface area (Å²) in [4.78, 5) is 11.4. The topological polar surface area (TPSA) is 38.3 Å². The van der Waals surface area contributed by atoms with Crippen molar-refractivity contribution in [1.82, 2.24) is 0 Å². The van der Waals surface area contributed by atoms with Crippen LogP contribution in [0.3, 0.4) is 0 Å². The second-order valence-corrected chi connectivity index (χ2v) is 4.67. The third-order valence-electron chi connectivity index (χ3n) is 1.88. The van der Waals surface area contributed by atoms with Gasteiger partial charge < -0.3 is 4.74 Å². The van der Waals surface area contributed by atoms with Crippen LogP contribution in [0.5, 0.6) is 0 Å². The van der Waals surface area contributed by atoms with Crippen molar-refractivity contribution in [3.8, 4) is 0 Å². The minimum Gasteiger partial charge on any atom is -0.444 e. The van der Waals surface area contributed by atoms with Gasteiger partial charge in [0.05, 0.1) is 5.69 Å². The molecule has 1 amide bonds. The van der Waals surface area contributed by atoms with Crippen molar-refractivity contribution in [2.45, 2.75) is 32.8 Å². The summed E-state index contributed by atoms with van der Waals surface area (Å²) in [5.74, 6) is -0.932. The first-order valence-electron chi connectivity index (χ1n) is 5.26. The van der Waals surface area contributed by atoms with Crippen molar-refractivity contribution in [2.75, 3.05) is 5.32 Å². The van der Waals surface area contributed by atoms with Crippen LogP contribution in [0.15, 0.2) is 18.2 Å². The molecule has 0 saturated heterocycles. The highest BCUT2D eigenvalue weighted by atomic mass is 19.3. The Kier molecular flexibility index (Phi) is 4.21. The fraction of sp³-hybridized carbons (Fsp3) is 0.417. The maximum absolute atomic E-state index is 13.4. The van der Waals surface area contributed by atoms with Crippen LogP contribution in [-0.4, -0.2) is 11.7 Å². The highest BCUT2D eigenvalue weighted by Crippen LogP contribution is 2.23. The Labute approximate surface area is 103 Å². The number of benzene rings is 1. The van der Waals surface area contributed by atoms with E-state index in [0.29, 0.717) is 6.07 Å². The Morgan fingerprint density at radius 2 is 1.94 bits per heavy atom. The van der Waals surface area contributed by atoms with Gasteiger partial charge in [-0.1, -0.05) is 6.07 Å². The molecule has 18 heavy (non-hydrogen) atoms. The third-order valence-corrected chi connectivity index (χ3v) is 1.88. The van der Waals surface area contributed by atoms with E-state index in [1.165, 1.54) is 0 Å². The van der Waals surface area contributed by atoms with Crippen LogP contribution in [0.25, 0.3) is 0 Å². The monoisotopic (exact) mass is 261 g/mol. The normalized spacial score (nSPS) is 11.5. The van der Waals surface area contributed by atoms with E-state index in [1.54, 1.807) is 20.8 Å². The lowest BCUT2D eigenvalue weighted by Gasteiger charge is -2.19. The van der Waals surface area contributed by atoms with E-state index in [4.69, 9.17) is 4.74 Å². The smallest absolute Gasteiger partial charge is 0.412 e. The molecule has 0 aromatic heterocycles. The number of hydrogen-bond acceptors (Lipinski definition) is 2. The minimum atomic E-state index is -2.75. The van der Waals surface area contributed by atoms with Crippen LogP contribution < -0.4 is 5.32 Å². The molecule has 0 bridgehead atoms. The number of alkyl halides is 2. The van der Waals surface area contributed by atoms with E-state index in [0.717, 1.165) is 12.1 Å². The molecule has 0 unspecified atom stereocenters. The van der Waals surface area contributed by atoms with Crippen LogP contribution in [0.4, 0.5) is 23.7 Å². The van der Waals surface area contributed by atoms with Crippen LogP contribution >= 0.6 is 0 Å². The molecule has 6 heteroatoms. The Bertz CT molecular complexity index is 441. The Balaban J connectivity index is 2.77. The summed E-state index contributed by atoms with van der Waals surface area (Å²) in [6, 6.07) is 2.79. The SMILES string of the molecule is CC(C)(C)OC(=O)Nc1ccc(C(F)F)cc1F. The lowest BCUT2D eigenvalue weighted by Crippen LogP contribution is -2.27. The number of carbonyl (C=O) groups is 1. The molecule has 1 aromatic carbocycles. The predicted molar refractivity (Wildman–Crippen MR) is 61.2 cm³/mol. The quantitative estimate of drug-likeness (QED) is 0.870. The molecular weight excluding hydrogens is 247 g/mol. The fourth-order valence-electron chi connectivity index (χ4n) is 1.18. The molecule has 1 N–H and O–H groups in total. The molecule has 0 fully saturated rings.